The third-order valence-electron chi connectivity index (χ3n) is 5.09. The molecular formula is C18H25NO5. The molecule has 3 rings (SSSR count). The summed E-state index contributed by atoms with van der Waals surface area (Å²) in [5.41, 5.74) is 1.18. The molecule has 2 heterocycles. The Morgan fingerprint density at radius 2 is 2.00 bits per heavy atom. The Morgan fingerprint density at radius 1 is 1.29 bits per heavy atom. The minimum absolute atomic E-state index is 0.345. The van der Waals surface area contributed by atoms with Crippen molar-refractivity contribution in [1.29, 1.82) is 0 Å². The van der Waals surface area contributed by atoms with E-state index in [-0.39, 0.29) is 12.0 Å². The summed E-state index contributed by atoms with van der Waals surface area (Å²) in [6.07, 6.45) is 0.0691. The van der Waals surface area contributed by atoms with Crippen molar-refractivity contribution in [3.63, 3.8) is 0 Å². The van der Waals surface area contributed by atoms with Crippen LogP contribution in [0.4, 0.5) is 0 Å². The van der Waals surface area contributed by atoms with E-state index in [0.29, 0.717) is 13.1 Å². The molecule has 132 valence electrons. The van der Waals surface area contributed by atoms with E-state index in [1.807, 2.05) is 18.2 Å². The number of likely N-dealkylation sites (tertiary alicyclic amines) is 1. The maximum Gasteiger partial charge on any atom is 0.220 e. The van der Waals surface area contributed by atoms with Gasteiger partial charge in [0.25, 0.3) is 0 Å². The first-order valence-electron chi connectivity index (χ1n) is 8.23. The molecule has 0 aromatic heterocycles. The van der Waals surface area contributed by atoms with Gasteiger partial charge in [0.05, 0.1) is 12.0 Å². The van der Waals surface area contributed by atoms with Gasteiger partial charge in [0.1, 0.15) is 12.4 Å². The Bertz CT molecular complexity index is 578. The lowest BCUT2D eigenvalue weighted by atomic mass is 9.90. The number of carbonyl (C=O) groups is 1. The molecule has 0 aliphatic carbocycles. The Kier molecular flexibility index (Phi) is 4.77. The SMILES string of the molecule is CO[C@@]1(C)O[C@@H]2CN(Cc3ccccc3)C[C@H](C=O)[C@H]2O[C@]1(C)O. The van der Waals surface area contributed by atoms with E-state index >= 15 is 0 Å². The van der Waals surface area contributed by atoms with E-state index < -0.39 is 17.7 Å². The zero-order valence-electron chi connectivity index (χ0n) is 14.3. The van der Waals surface area contributed by atoms with Gasteiger partial charge in [-0.3, -0.25) is 4.90 Å². The molecule has 0 amide bonds. The summed E-state index contributed by atoms with van der Waals surface area (Å²) in [5, 5.41) is 10.5. The number of fused-ring (bicyclic) bond motifs is 1. The van der Waals surface area contributed by atoms with Crippen LogP contribution in [-0.4, -0.2) is 60.3 Å². The van der Waals surface area contributed by atoms with Crippen molar-refractivity contribution in [2.24, 2.45) is 5.92 Å². The summed E-state index contributed by atoms with van der Waals surface area (Å²) >= 11 is 0. The number of aliphatic hydroxyl groups is 1. The van der Waals surface area contributed by atoms with E-state index in [4.69, 9.17) is 14.2 Å². The number of benzene rings is 1. The summed E-state index contributed by atoms with van der Waals surface area (Å²) in [4.78, 5) is 13.8. The quantitative estimate of drug-likeness (QED) is 0.833. The normalized spacial score (nSPS) is 40.1. The van der Waals surface area contributed by atoms with Crippen LogP contribution in [0.15, 0.2) is 30.3 Å². The maximum absolute atomic E-state index is 11.6. The number of hydrogen-bond acceptors (Lipinski definition) is 6. The number of nitrogens with zero attached hydrogens (tertiary/aromatic N) is 1. The highest BCUT2D eigenvalue weighted by Gasteiger charge is 2.57. The van der Waals surface area contributed by atoms with E-state index in [1.54, 1.807) is 6.92 Å². The highest BCUT2D eigenvalue weighted by molar-refractivity contribution is 5.55. The van der Waals surface area contributed by atoms with Crippen LogP contribution in [0.2, 0.25) is 0 Å². The van der Waals surface area contributed by atoms with Crippen LogP contribution in [0, 0.1) is 5.92 Å². The molecule has 0 radical (unpaired) electrons. The third-order valence-corrected chi connectivity index (χ3v) is 5.09. The van der Waals surface area contributed by atoms with Crippen molar-refractivity contribution in [2.45, 2.75) is 44.2 Å². The second-order valence-corrected chi connectivity index (χ2v) is 6.85. The topological polar surface area (TPSA) is 68.2 Å². The van der Waals surface area contributed by atoms with Crippen LogP contribution in [0.1, 0.15) is 19.4 Å². The van der Waals surface area contributed by atoms with Gasteiger partial charge in [0, 0.05) is 26.7 Å². The van der Waals surface area contributed by atoms with E-state index in [0.717, 1.165) is 12.8 Å². The maximum atomic E-state index is 11.6. The molecule has 2 aliphatic heterocycles. The lowest BCUT2D eigenvalue weighted by Gasteiger charge is -2.54. The molecule has 2 saturated heterocycles. The first kappa shape index (κ1) is 17.5. The van der Waals surface area contributed by atoms with Gasteiger partial charge in [-0.1, -0.05) is 30.3 Å². The smallest absolute Gasteiger partial charge is 0.220 e. The lowest BCUT2D eigenvalue weighted by molar-refractivity contribution is -0.450. The zero-order chi connectivity index (χ0) is 17.4. The Hall–Kier alpha value is -1.31. The average molecular weight is 335 g/mol. The van der Waals surface area contributed by atoms with Crippen LogP contribution in [0.3, 0.4) is 0 Å². The summed E-state index contributed by atoms with van der Waals surface area (Å²) in [5.74, 6) is -3.26. The molecular weight excluding hydrogens is 310 g/mol. The van der Waals surface area contributed by atoms with Crippen molar-refractivity contribution in [1.82, 2.24) is 4.90 Å². The molecule has 0 saturated carbocycles. The summed E-state index contributed by atoms with van der Waals surface area (Å²) in [7, 11) is 1.47. The van der Waals surface area contributed by atoms with E-state index in [1.165, 1.54) is 19.6 Å². The fourth-order valence-corrected chi connectivity index (χ4v) is 3.48. The predicted octanol–water partition coefficient (Wildman–Crippen LogP) is 1.17. The molecule has 6 heteroatoms. The number of carbonyl (C=O) groups excluding carboxylic acids is 1. The molecule has 24 heavy (non-hydrogen) atoms. The van der Waals surface area contributed by atoms with Crippen LogP contribution in [-0.2, 0) is 25.5 Å². The second kappa shape index (κ2) is 6.54. The van der Waals surface area contributed by atoms with Gasteiger partial charge >= 0.3 is 0 Å². The van der Waals surface area contributed by atoms with Crippen LogP contribution < -0.4 is 0 Å². The largest absolute Gasteiger partial charge is 0.362 e. The number of hydrogen-bond donors (Lipinski definition) is 1. The molecule has 1 aromatic rings. The van der Waals surface area contributed by atoms with Crippen molar-refractivity contribution in [3.8, 4) is 0 Å². The van der Waals surface area contributed by atoms with E-state index in [2.05, 4.69) is 17.0 Å². The molecule has 1 aromatic carbocycles. The highest BCUT2D eigenvalue weighted by atomic mass is 16.8. The Labute approximate surface area is 142 Å². The fourth-order valence-electron chi connectivity index (χ4n) is 3.48. The van der Waals surface area contributed by atoms with Gasteiger partial charge in [-0.2, -0.15) is 0 Å². The molecule has 2 fully saturated rings. The van der Waals surface area contributed by atoms with Crippen molar-refractivity contribution in [2.75, 3.05) is 20.2 Å². The number of methoxy groups -OCH3 is 1. The van der Waals surface area contributed by atoms with Gasteiger partial charge in [-0.15, -0.1) is 0 Å². The van der Waals surface area contributed by atoms with Crippen molar-refractivity contribution in [3.05, 3.63) is 35.9 Å². The van der Waals surface area contributed by atoms with Crippen LogP contribution in [0.25, 0.3) is 0 Å². The van der Waals surface area contributed by atoms with Crippen LogP contribution in [0.5, 0.6) is 0 Å². The first-order chi connectivity index (χ1) is 11.4. The first-order valence-corrected chi connectivity index (χ1v) is 8.23. The zero-order valence-corrected chi connectivity index (χ0v) is 14.3. The molecule has 0 spiro atoms. The summed E-state index contributed by atoms with van der Waals surface area (Å²) in [6.45, 7) is 5.07. The number of piperidine rings is 1. The Balaban J connectivity index is 1.78. The summed E-state index contributed by atoms with van der Waals surface area (Å²) < 4.78 is 17.2. The second-order valence-electron chi connectivity index (χ2n) is 6.85. The minimum atomic E-state index is -1.62. The fraction of sp³-hybridized carbons (Fsp3) is 0.611. The van der Waals surface area contributed by atoms with Gasteiger partial charge in [-0.05, 0) is 19.4 Å². The predicted molar refractivity (Wildman–Crippen MR) is 87.1 cm³/mol. The molecule has 0 unspecified atom stereocenters. The van der Waals surface area contributed by atoms with Gasteiger partial charge in [0.2, 0.25) is 11.6 Å². The molecule has 2 aliphatic rings. The average Bonchev–Trinajstić information content (AvgIpc) is 2.56. The number of rotatable bonds is 4. The molecule has 0 bridgehead atoms. The molecule has 6 nitrogen and oxygen atoms in total. The molecule has 1 N–H and O–H groups in total. The number of aldehydes is 1. The standard InChI is InChI=1S/C18H25NO5/c1-17(21)18(2,22-3)23-15-11-19(9-13-7-5-4-6-8-13)10-14(12-20)16(15)24-17/h4-8,12,14-16,21H,9-11H2,1-3H3/t14-,15-,16-,17+,18+/m1/s1. The lowest BCUT2D eigenvalue weighted by Crippen LogP contribution is -2.69. The number of ether oxygens (including phenoxy) is 3. The highest BCUT2D eigenvalue weighted by Crippen LogP contribution is 2.40. The van der Waals surface area contributed by atoms with Crippen molar-refractivity contribution >= 4 is 6.29 Å². The Morgan fingerprint density at radius 3 is 2.62 bits per heavy atom. The third kappa shape index (κ3) is 3.12. The van der Waals surface area contributed by atoms with Gasteiger partial charge < -0.3 is 24.1 Å². The van der Waals surface area contributed by atoms with Crippen LogP contribution >= 0.6 is 0 Å². The van der Waals surface area contributed by atoms with E-state index in [9.17, 15) is 9.90 Å². The molecule has 5 atom stereocenters. The van der Waals surface area contributed by atoms with Gasteiger partial charge in [-0.25, -0.2) is 0 Å². The minimum Gasteiger partial charge on any atom is -0.362 e. The summed E-state index contributed by atoms with van der Waals surface area (Å²) in [6, 6.07) is 10.1. The monoisotopic (exact) mass is 335 g/mol. The van der Waals surface area contributed by atoms with Crippen molar-refractivity contribution < 1.29 is 24.1 Å². The van der Waals surface area contributed by atoms with Gasteiger partial charge in [0.15, 0.2) is 0 Å².